The van der Waals surface area contributed by atoms with E-state index in [-0.39, 0.29) is 24.2 Å². The maximum Gasteiger partial charge on any atom is 0.346 e. The smallest absolute Gasteiger partial charge is 0.346 e. The van der Waals surface area contributed by atoms with Crippen LogP contribution >= 0.6 is 11.6 Å². The van der Waals surface area contributed by atoms with Gasteiger partial charge in [0.05, 0.1) is 0 Å². The molecule has 1 N–H and O–H groups in total. The second kappa shape index (κ2) is 7.64. The van der Waals surface area contributed by atoms with Crippen molar-refractivity contribution in [3.8, 4) is 11.4 Å². The van der Waals surface area contributed by atoms with Crippen LogP contribution in [0.15, 0.2) is 53.3 Å². The fourth-order valence-electron chi connectivity index (χ4n) is 3.08. The van der Waals surface area contributed by atoms with E-state index in [0.717, 1.165) is 24.0 Å². The van der Waals surface area contributed by atoms with Gasteiger partial charge in [0, 0.05) is 23.2 Å². The highest BCUT2D eigenvalue weighted by Gasteiger charge is 2.30. The molecule has 0 unspecified atom stereocenters. The minimum absolute atomic E-state index is 0.106. The second-order valence-corrected chi connectivity index (χ2v) is 7.57. The summed E-state index contributed by atoms with van der Waals surface area (Å²) in [5.41, 5.74) is 2.74. The Kier molecular flexibility index (Phi) is 5.05. The van der Waals surface area contributed by atoms with E-state index in [1.807, 2.05) is 43.3 Å². The first-order valence-corrected chi connectivity index (χ1v) is 9.66. The molecule has 6 nitrogen and oxygen atoms in total. The molecular weight excluding hydrogens is 376 g/mol. The van der Waals surface area contributed by atoms with E-state index in [4.69, 9.17) is 11.6 Å². The summed E-state index contributed by atoms with van der Waals surface area (Å²) >= 11 is 5.97. The largest absolute Gasteiger partial charge is 0.350 e. The third-order valence-corrected chi connectivity index (χ3v) is 5.04. The molecule has 0 aliphatic heterocycles. The zero-order chi connectivity index (χ0) is 19.7. The van der Waals surface area contributed by atoms with E-state index in [1.54, 1.807) is 16.7 Å². The standard InChI is InChI=1S/C21H21ClN4O2/c1-14-2-4-15(5-3-14)12-23-19(27)13-25-21(28)26(18-10-11-18)20(24-25)16-6-8-17(22)9-7-16/h2-9,18H,10-13H2,1H3,(H,23,27). The van der Waals surface area contributed by atoms with Gasteiger partial charge < -0.3 is 5.32 Å². The predicted octanol–water partition coefficient (Wildman–Crippen LogP) is 3.32. The molecule has 144 valence electrons. The highest BCUT2D eigenvalue weighted by atomic mass is 35.5. The Bertz CT molecular complexity index is 1050. The van der Waals surface area contributed by atoms with Crippen LogP contribution in [0.3, 0.4) is 0 Å². The number of carbonyl (C=O) groups excluding carboxylic acids is 1. The van der Waals surface area contributed by atoms with Crippen LogP contribution in [0.4, 0.5) is 0 Å². The van der Waals surface area contributed by atoms with Gasteiger partial charge in [0.1, 0.15) is 6.54 Å². The van der Waals surface area contributed by atoms with Gasteiger partial charge in [-0.25, -0.2) is 9.48 Å². The molecule has 7 heteroatoms. The molecule has 0 atom stereocenters. The lowest BCUT2D eigenvalue weighted by Gasteiger charge is -2.05. The zero-order valence-electron chi connectivity index (χ0n) is 15.6. The number of nitrogens with one attached hydrogen (secondary N) is 1. The van der Waals surface area contributed by atoms with Gasteiger partial charge in [0.25, 0.3) is 0 Å². The highest BCUT2D eigenvalue weighted by molar-refractivity contribution is 6.30. The molecule has 1 aromatic heterocycles. The molecule has 3 aromatic rings. The predicted molar refractivity (Wildman–Crippen MR) is 108 cm³/mol. The maximum atomic E-state index is 12.8. The van der Waals surface area contributed by atoms with Crippen molar-refractivity contribution in [3.05, 3.63) is 75.2 Å². The topological polar surface area (TPSA) is 68.9 Å². The number of benzene rings is 2. The minimum atomic E-state index is -0.252. The summed E-state index contributed by atoms with van der Waals surface area (Å²) < 4.78 is 2.93. The van der Waals surface area contributed by atoms with E-state index in [9.17, 15) is 9.59 Å². The molecule has 4 rings (SSSR count). The van der Waals surface area contributed by atoms with Crippen LogP contribution in [0.2, 0.25) is 5.02 Å². The van der Waals surface area contributed by atoms with Gasteiger partial charge in [-0.1, -0.05) is 41.4 Å². The average molecular weight is 397 g/mol. The maximum absolute atomic E-state index is 12.8. The first-order chi connectivity index (χ1) is 13.5. The van der Waals surface area contributed by atoms with Gasteiger partial charge in [-0.05, 0) is 49.6 Å². The van der Waals surface area contributed by atoms with Gasteiger partial charge in [0.15, 0.2) is 5.82 Å². The van der Waals surface area contributed by atoms with Gasteiger partial charge >= 0.3 is 5.69 Å². The van der Waals surface area contributed by atoms with Crippen LogP contribution in [0.1, 0.15) is 30.0 Å². The van der Waals surface area contributed by atoms with Crippen LogP contribution < -0.4 is 11.0 Å². The Morgan fingerprint density at radius 2 is 1.82 bits per heavy atom. The summed E-state index contributed by atoms with van der Waals surface area (Å²) in [6, 6.07) is 15.3. The summed E-state index contributed by atoms with van der Waals surface area (Å²) in [5.74, 6) is 0.335. The number of rotatable bonds is 6. The lowest BCUT2D eigenvalue weighted by molar-refractivity contribution is -0.122. The first kappa shape index (κ1) is 18.5. The van der Waals surface area contributed by atoms with E-state index < -0.39 is 0 Å². The Labute approximate surface area is 167 Å². The number of hydrogen-bond acceptors (Lipinski definition) is 3. The van der Waals surface area contributed by atoms with Crippen LogP contribution in [0, 0.1) is 6.92 Å². The van der Waals surface area contributed by atoms with Crippen molar-refractivity contribution in [2.75, 3.05) is 0 Å². The molecule has 0 bridgehead atoms. The number of hydrogen-bond donors (Lipinski definition) is 1. The molecule has 28 heavy (non-hydrogen) atoms. The van der Waals surface area contributed by atoms with Crippen molar-refractivity contribution in [2.45, 2.75) is 38.9 Å². The van der Waals surface area contributed by atoms with Crippen molar-refractivity contribution in [1.29, 1.82) is 0 Å². The fourth-order valence-corrected chi connectivity index (χ4v) is 3.21. The molecule has 0 radical (unpaired) electrons. The summed E-state index contributed by atoms with van der Waals surface area (Å²) in [5, 5.41) is 7.91. The summed E-state index contributed by atoms with van der Waals surface area (Å²) in [7, 11) is 0. The van der Waals surface area contributed by atoms with Crippen molar-refractivity contribution >= 4 is 17.5 Å². The Morgan fingerprint density at radius 3 is 2.46 bits per heavy atom. The average Bonchev–Trinajstić information content (AvgIpc) is 3.47. The van der Waals surface area contributed by atoms with E-state index in [0.29, 0.717) is 17.4 Å². The molecule has 1 fully saturated rings. The fraction of sp³-hybridized carbons (Fsp3) is 0.286. The van der Waals surface area contributed by atoms with Gasteiger partial charge in [-0.3, -0.25) is 9.36 Å². The Balaban J connectivity index is 1.52. The molecule has 2 aromatic carbocycles. The van der Waals surface area contributed by atoms with E-state index in [2.05, 4.69) is 10.4 Å². The Morgan fingerprint density at radius 1 is 1.14 bits per heavy atom. The summed E-state index contributed by atoms with van der Waals surface area (Å²) in [6.45, 7) is 2.33. The van der Waals surface area contributed by atoms with Gasteiger partial charge in [0.2, 0.25) is 5.91 Å². The summed E-state index contributed by atoms with van der Waals surface area (Å²) in [6.07, 6.45) is 1.90. The molecule has 1 aliphatic rings. The van der Waals surface area contributed by atoms with Gasteiger partial charge in [-0.2, -0.15) is 0 Å². The molecule has 1 aliphatic carbocycles. The van der Waals surface area contributed by atoms with Crippen molar-refractivity contribution in [1.82, 2.24) is 19.7 Å². The molecule has 1 saturated carbocycles. The second-order valence-electron chi connectivity index (χ2n) is 7.13. The Hall–Kier alpha value is -2.86. The van der Waals surface area contributed by atoms with Crippen LogP contribution in [0.5, 0.6) is 0 Å². The number of nitrogens with zero attached hydrogens (tertiary/aromatic N) is 3. The number of amides is 1. The van der Waals surface area contributed by atoms with Crippen molar-refractivity contribution < 1.29 is 4.79 Å². The monoisotopic (exact) mass is 396 g/mol. The lowest BCUT2D eigenvalue weighted by atomic mass is 10.1. The van der Waals surface area contributed by atoms with Crippen LogP contribution in [-0.4, -0.2) is 20.3 Å². The zero-order valence-corrected chi connectivity index (χ0v) is 16.3. The van der Waals surface area contributed by atoms with E-state index in [1.165, 1.54) is 10.2 Å². The van der Waals surface area contributed by atoms with E-state index >= 15 is 0 Å². The quantitative estimate of drug-likeness (QED) is 0.694. The normalized spacial score (nSPS) is 13.5. The van der Waals surface area contributed by atoms with Crippen LogP contribution in [0.25, 0.3) is 11.4 Å². The SMILES string of the molecule is Cc1ccc(CNC(=O)Cn2nc(-c3ccc(Cl)cc3)n(C3CC3)c2=O)cc1. The molecule has 0 saturated heterocycles. The number of carbonyl (C=O) groups is 1. The van der Waals surface area contributed by atoms with Gasteiger partial charge in [-0.15, -0.1) is 5.10 Å². The molecule has 1 heterocycles. The minimum Gasteiger partial charge on any atom is -0.350 e. The molecule has 0 spiro atoms. The number of aromatic nitrogens is 3. The number of aryl methyl sites for hydroxylation is 1. The first-order valence-electron chi connectivity index (χ1n) is 9.29. The number of halogens is 1. The van der Waals surface area contributed by atoms with Crippen molar-refractivity contribution in [2.24, 2.45) is 0 Å². The molecule has 1 amide bonds. The third-order valence-electron chi connectivity index (χ3n) is 4.79. The molecular formula is C21H21ClN4O2. The van der Waals surface area contributed by atoms with Crippen molar-refractivity contribution in [3.63, 3.8) is 0 Å². The van der Waals surface area contributed by atoms with Crippen LogP contribution in [-0.2, 0) is 17.9 Å². The lowest BCUT2D eigenvalue weighted by Crippen LogP contribution is -2.33. The highest BCUT2D eigenvalue weighted by Crippen LogP contribution is 2.36. The summed E-state index contributed by atoms with van der Waals surface area (Å²) in [4.78, 5) is 25.2. The third kappa shape index (κ3) is 4.02.